The third kappa shape index (κ3) is 4.24. The third-order valence-corrected chi connectivity index (χ3v) is 1.06. The molecule has 11 heavy (non-hydrogen) atoms. The quantitative estimate of drug-likeness (QED) is 0.316. The number of nitrogens with zero attached hydrogens (tertiary/aromatic N) is 3. The minimum atomic E-state index is -0.615. The monoisotopic (exact) mass is 152 g/mol. The summed E-state index contributed by atoms with van der Waals surface area (Å²) in [4.78, 5) is 14.3. The zero-order valence-electron chi connectivity index (χ0n) is 6.10. The van der Waals surface area contributed by atoms with Crippen LogP contribution in [0.3, 0.4) is 0 Å². The fourth-order valence-corrected chi connectivity index (χ4v) is 0.449. The van der Waals surface area contributed by atoms with Gasteiger partial charge in [0.2, 0.25) is 0 Å². The Labute approximate surface area is 64.7 Å². The molecule has 0 aliphatic heterocycles. The second-order valence-electron chi connectivity index (χ2n) is 1.88. The fraction of sp³-hybridized carbons (Fsp3) is 0.600. The van der Waals surface area contributed by atoms with E-state index in [0.717, 1.165) is 6.11 Å². The van der Waals surface area contributed by atoms with Crippen LogP contribution in [0.25, 0.3) is 5.53 Å². The van der Waals surface area contributed by atoms with Crippen LogP contribution >= 0.6 is 0 Å². The Morgan fingerprint density at radius 2 is 2.45 bits per heavy atom. The molecule has 0 N–H and O–H groups in total. The normalized spacial score (nSPS) is 12.5. The van der Waals surface area contributed by atoms with Crippen LogP contribution in [-0.2, 0) is 9.50 Å². The van der Waals surface area contributed by atoms with E-state index in [1.54, 1.807) is 0 Å². The molecule has 1 atom stereocenters. The molecule has 0 saturated heterocycles. The van der Waals surface area contributed by atoms with E-state index in [-0.39, 0.29) is 12.3 Å². The summed E-state index contributed by atoms with van der Waals surface area (Å²) in [5.74, 6) is -0.328. The maximum absolute atomic E-state index is 10.8. The first-order valence-corrected chi connectivity index (χ1v) is 3.03. The zero-order chi connectivity index (χ0) is 8.69. The van der Waals surface area contributed by atoms with Crippen LogP contribution in [0.5, 0.6) is 0 Å². The van der Waals surface area contributed by atoms with Crippen molar-refractivity contribution in [3.8, 4) is 0 Å². The number of aliphatic imine (C=N–C) groups is 1. The molecule has 0 radical (unpaired) electrons. The van der Waals surface area contributed by atoms with Gasteiger partial charge in [0.1, 0.15) is 0 Å². The maximum atomic E-state index is 10.8. The number of carbonyl (C=O) groups excluding carboxylic acids is 1. The molecule has 0 amide bonds. The van der Waals surface area contributed by atoms with Gasteiger partial charge in [-0.05, 0) is 0 Å². The summed E-state index contributed by atoms with van der Waals surface area (Å²) in [6, 6.07) is -0.615. The summed E-state index contributed by atoms with van der Waals surface area (Å²) in [5.41, 5.74) is 7.99. The Hall–Kier alpha value is -1.20. The minimum absolute atomic E-state index is 0.280. The van der Waals surface area contributed by atoms with Gasteiger partial charge in [-0.2, -0.15) is 0 Å². The average molecular weight is 152 g/mol. The van der Waals surface area contributed by atoms with E-state index in [2.05, 4.69) is 10.1 Å². The number of rotatable bonds is 5. The number of Topliss-reactive ketones (excluding diaryl/α,β-unsaturated/α-hetero) is 1. The van der Waals surface area contributed by atoms with Crippen molar-refractivity contribution >= 4 is 19.0 Å². The summed E-state index contributed by atoms with van der Waals surface area (Å²) >= 11 is 0. The van der Waals surface area contributed by atoms with Crippen LogP contribution in [0.2, 0.25) is 0 Å². The summed E-state index contributed by atoms with van der Waals surface area (Å²) in [6.45, 7) is 1.24. The molecule has 0 aliphatic rings. The summed E-state index contributed by atoms with van der Waals surface area (Å²) < 4.78 is 9.76. The van der Waals surface area contributed by atoms with Crippen molar-refractivity contribution in [3.63, 3.8) is 0 Å². The molecular weight excluding hydrogens is 145 g/mol. The predicted octanol–water partition coefficient (Wildman–Crippen LogP) is 0.0436. The van der Waals surface area contributed by atoms with Gasteiger partial charge in [0.15, 0.2) is 0 Å². The first kappa shape index (κ1) is 9.80. The van der Waals surface area contributed by atoms with Crippen LogP contribution < -0.4 is 0 Å². The van der Waals surface area contributed by atoms with Crippen molar-refractivity contribution in [3.05, 3.63) is 5.53 Å². The van der Waals surface area contributed by atoms with Crippen molar-refractivity contribution in [1.29, 1.82) is 0 Å². The van der Waals surface area contributed by atoms with Gasteiger partial charge in [0.05, 0.1) is 0 Å². The molecular formula is C5H7BN3O2-. The Balaban J connectivity index is 3.90. The molecule has 0 saturated carbocycles. The standard InChI is InChI=1S/C5H7BN3O2/c1-4(8-3-6-11)5(10)2-9-7/h3-4H,2H2,1H3/q-1. The van der Waals surface area contributed by atoms with Gasteiger partial charge >= 0.3 is 63.7 Å². The molecule has 1 unspecified atom stereocenters. The van der Waals surface area contributed by atoms with Crippen LogP contribution in [0.4, 0.5) is 0 Å². The van der Waals surface area contributed by atoms with Crippen molar-refractivity contribution in [2.75, 3.05) is 6.54 Å². The second-order valence-corrected chi connectivity index (χ2v) is 1.88. The Morgan fingerprint density at radius 3 is 2.91 bits per heavy atom. The zero-order valence-corrected chi connectivity index (χ0v) is 6.10. The molecule has 0 aromatic heterocycles. The van der Waals surface area contributed by atoms with Crippen molar-refractivity contribution in [2.24, 2.45) is 10.1 Å². The third-order valence-electron chi connectivity index (χ3n) is 1.06. The Bertz CT molecular complexity index is 192. The number of ketones is 1. The van der Waals surface area contributed by atoms with Gasteiger partial charge in [-0.1, -0.05) is 0 Å². The van der Waals surface area contributed by atoms with E-state index in [1.807, 2.05) is 0 Å². The van der Waals surface area contributed by atoms with Gasteiger partial charge in [0.25, 0.3) is 0 Å². The molecule has 0 aromatic carbocycles. The van der Waals surface area contributed by atoms with Crippen LogP contribution in [0.1, 0.15) is 6.92 Å². The van der Waals surface area contributed by atoms with E-state index >= 15 is 0 Å². The van der Waals surface area contributed by atoms with Crippen LogP contribution in [0, 0.1) is 0 Å². The van der Waals surface area contributed by atoms with E-state index in [4.69, 9.17) is 5.53 Å². The number of hydrogen-bond acceptors (Lipinski definition) is 4. The van der Waals surface area contributed by atoms with Gasteiger partial charge in [-0.15, -0.1) is 0 Å². The van der Waals surface area contributed by atoms with Crippen LogP contribution in [-0.4, -0.2) is 31.6 Å². The van der Waals surface area contributed by atoms with E-state index in [0.29, 0.717) is 7.15 Å². The predicted molar refractivity (Wildman–Crippen MR) is 40.1 cm³/mol. The summed E-state index contributed by atoms with van der Waals surface area (Å²) in [6.07, 6.45) is 1.000. The van der Waals surface area contributed by atoms with E-state index < -0.39 is 6.04 Å². The fourth-order valence-electron chi connectivity index (χ4n) is 0.449. The summed E-state index contributed by atoms with van der Waals surface area (Å²) in [5, 5.41) is 2.65. The Kier molecular flexibility index (Phi) is 4.97. The van der Waals surface area contributed by atoms with E-state index in [9.17, 15) is 9.50 Å². The number of carbonyl (C=O) groups is 1. The molecule has 58 valence electrons. The molecule has 0 bridgehead atoms. The molecule has 0 spiro atoms. The molecule has 0 heterocycles. The van der Waals surface area contributed by atoms with Gasteiger partial charge in [0, 0.05) is 0 Å². The Morgan fingerprint density at radius 1 is 1.82 bits per heavy atom. The van der Waals surface area contributed by atoms with Gasteiger partial charge < -0.3 is 0 Å². The van der Waals surface area contributed by atoms with Gasteiger partial charge in [-0.3, -0.25) is 0 Å². The van der Waals surface area contributed by atoms with Crippen molar-refractivity contribution < 1.29 is 9.50 Å². The number of hydrogen-bond donors (Lipinski definition) is 0. The molecule has 0 aromatic rings. The topological polar surface area (TPSA) is 81.2 Å². The SMILES string of the molecule is CC(N=CB=O)C(=O)CN=[N-]. The molecule has 0 aliphatic carbocycles. The van der Waals surface area contributed by atoms with Crippen molar-refractivity contribution in [1.82, 2.24) is 0 Å². The molecule has 0 rings (SSSR count). The van der Waals surface area contributed by atoms with Gasteiger partial charge in [-0.25, -0.2) is 0 Å². The molecule has 0 fully saturated rings. The first-order chi connectivity index (χ1) is 5.22. The van der Waals surface area contributed by atoms with Crippen LogP contribution in [0.15, 0.2) is 10.1 Å². The second kappa shape index (κ2) is 5.58. The molecule has 5 nitrogen and oxygen atoms in total. The van der Waals surface area contributed by atoms with Crippen molar-refractivity contribution in [2.45, 2.75) is 13.0 Å². The summed E-state index contributed by atoms with van der Waals surface area (Å²) in [7, 11) is 0.486. The average Bonchev–Trinajstić information content (AvgIpc) is 2.00. The molecule has 6 heteroatoms. The van der Waals surface area contributed by atoms with E-state index in [1.165, 1.54) is 6.92 Å². The first-order valence-electron chi connectivity index (χ1n) is 3.03.